The molecule has 8 heteroatoms. The van der Waals surface area contributed by atoms with E-state index in [0.717, 1.165) is 6.07 Å². The Hall–Kier alpha value is -1.38. The molecule has 1 rings (SSSR count). The first-order chi connectivity index (χ1) is 9.63. The number of sulfonamides is 1. The van der Waals surface area contributed by atoms with Crippen LogP contribution in [-0.4, -0.2) is 41.3 Å². The van der Waals surface area contributed by atoms with Crippen molar-refractivity contribution in [3.8, 4) is 0 Å². The van der Waals surface area contributed by atoms with Crippen molar-refractivity contribution < 1.29 is 23.4 Å². The molecule has 0 amide bonds. The second-order valence-corrected chi connectivity index (χ2v) is 7.00. The summed E-state index contributed by atoms with van der Waals surface area (Å²) >= 11 is 0. The summed E-state index contributed by atoms with van der Waals surface area (Å²) in [6.07, 6.45) is 2.38. The molecule has 1 heterocycles. The number of nitrogens with one attached hydrogen (secondary N) is 1. The Balaban J connectivity index is 3.03. The first-order valence-electron chi connectivity index (χ1n) is 6.78. The molecule has 0 bridgehead atoms. The van der Waals surface area contributed by atoms with Crippen LogP contribution in [0.25, 0.3) is 0 Å². The summed E-state index contributed by atoms with van der Waals surface area (Å²) in [5, 5.41) is 18.9. The highest BCUT2D eigenvalue weighted by molar-refractivity contribution is 7.89. The van der Waals surface area contributed by atoms with Crippen LogP contribution in [0.4, 0.5) is 0 Å². The Bertz CT molecular complexity index is 604. The third-order valence-electron chi connectivity index (χ3n) is 3.27. The summed E-state index contributed by atoms with van der Waals surface area (Å²) in [6.45, 7) is 5.43. The number of rotatable bonds is 8. The van der Waals surface area contributed by atoms with Crippen LogP contribution in [0.1, 0.15) is 44.1 Å². The summed E-state index contributed by atoms with van der Waals surface area (Å²) in [4.78, 5) is 11.0. The number of nitrogens with zero attached hydrogens (tertiary/aromatic N) is 1. The summed E-state index contributed by atoms with van der Waals surface area (Å²) in [6, 6.07) is 1.13. The molecule has 0 fully saturated rings. The van der Waals surface area contributed by atoms with E-state index < -0.39 is 21.6 Å². The molecule has 120 valence electrons. The zero-order chi connectivity index (χ0) is 16.3. The Kier molecular flexibility index (Phi) is 5.54. The van der Waals surface area contributed by atoms with Crippen molar-refractivity contribution in [2.75, 3.05) is 6.54 Å². The van der Waals surface area contributed by atoms with E-state index in [0.29, 0.717) is 19.4 Å². The van der Waals surface area contributed by atoms with Gasteiger partial charge < -0.3 is 14.8 Å². The number of aromatic carboxylic acids is 1. The van der Waals surface area contributed by atoms with E-state index in [1.807, 2.05) is 6.92 Å². The molecule has 1 unspecified atom stereocenters. The van der Waals surface area contributed by atoms with Crippen LogP contribution in [-0.2, 0) is 16.6 Å². The van der Waals surface area contributed by atoms with Gasteiger partial charge in [-0.25, -0.2) is 17.9 Å². The molecule has 21 heavy (non-hydrogen) atoms. The zero-order valence-electron chi connectivity index (χ0n) is 12.5. The largest absolute Gasteiger partial charge is 0.477 e. The fraction of sp³-hybridized carbons (Fsp3) is 0.615. The fourth-order valence-corrected chi connectivity index (χ4v) is 2.89. The van der Waals surface area contributed by atoms with Crippen LogP contribution in [0.15, 0.2) is 17.2 Å². The van der Waals surface area contributed by atoms with Crippen molar-refractivity contribution in [1.82, 2.24) is 9.29 Å². The monoisotopic (exact) mass is 318 g/mol. The minimum Gasteiger partial charge on any atom is -0.477 e. The van der Waals surface area contributed by atoms with Crippen molar-refractivity contribution in [3.05, 3.63) is 18.0 Å². The number of aryl methyl sites for hydroxylation is 1. The third-order valence-corrected chi connectivity index (χ3v) is 4.64. The zero-order valence-corrected chi connectivity index (χ0v) is 13.3. The molecule has 0 saturated heterocycles. The van der Waals surface area contributed by atoms with E-state index in [-0.39, 0.29) is 17.1 Å². The lowest BCUT2D eigenvalue weighted by Crippen LogP contribution is -2.39. The Labute approximate surface area is 124 Å². The molecule has 0 saturated carbocycles. The quantitative estimate of drug-likeness (QED) is 0.663. The maximum atomic E-state index is 12.2. The average molecular weight is 318 g/mol. The van der Waals surface area contributed by atoms with Crippen LogP contribution in [0.3, 0.4) is 0 Å². The molecule has 1 aromatic heterocycles. The Morgan fingerprint density at radius 2 is 2.05 bits per heavy atom. The fourth-order valence-electron chi connectivity index (χ4n) is 1.69. The van der Waals surface area contributed by atoms with Crippen molar-refractivity contribution in [1.29, 1.82) is 0 Å². The second kappa shape index (κ2) is 6.59. The number of carboxylic acids is 1. The number of carboxylic acid groups (broad SMARTS) is 1. The van der Waals surface area contributed by atoms with Gasteiger partial charge in [-0.2, -0.15) is 0 Å². The molecule has 1 atom stereocenters. The molecule has 0 radical (unpaired) electrons. The maximum absolute atomic E-state index is 12.2. The molecule has 1 aromatic rings. The first kappa shape index (κ1) is 17.7. The summed E-state index contributed by atoms with van der Waals surface area (Å²) < 4.78 is 28.0. The van der Waals surface area contributed by atoms with Gasteiger partial charge in [0.05, 0.1) is 5.60 Å². The summed E-state index contributed by atoms with van der Waals surface area (Å²) in [5.74, 6) is -1.18. The minimum absolute atomic E-state index is 0.0699. The van der Waals surface area contributed by atoms with Gasteiger partial charge in [0.15, 0.2) is 0 Å². The highest BCUT2D eigenvalue weighted by Crippen LogP contribution is 2.16. The molecule has 7 nitrogen and oxygen atoms in total. The van der Waals surface area contributed by atoms with Gasteiger partial charge in [-0.1, -0.05) is 13.8 Å². The van der Waals surface area contributed by atoms with Gasteiger partial charge in [0.25, 0.3) is 0 Å². The summed E-state index contributed by atoms with van der Waals surface area (Å²) in [7, 11) is -3.85. The van der Waals surface area contributed by atoms with Gasteiger partial charge in [0.2, 0.25) is 10.0 Å². The topological polar surface area (TPSA) is 109 Å². The Morgan fingerprint density at radius 1 is 1.43 bits per heavy atom. The van der Waals surface area contributed by atoms with E-state index in [4.69, 9.17) is 5.11 Å². The molecule has 0 aliphatic carbocycles. The van der Waals surface area contributed by atoms with Crippen molar-refractivity contribution >= 4 is 16.0 Å². The molecular formula is C13H22N2O5S. The second-order valence-electron chi connectivity index (χ2n) is 5.23. The highest BCUT2D eigenvalue weighted by Gasteiger charge is 2.25. The first-order valence-corrected chi connectivity index (χ1v) is 8.27. The summed E-state index contributed by atoms with van der Waals surface area (Å²) in [5.41, 5.74) is -1.21. The molecule has 3 N–H and O–H groups in total. The number of hydrogen-bond acceptors (Lipinski definition) is 4. The van der Waals surface area contributed by atoms with Gasteiger partial charge in [-0.05, 0) is 25.8 Å². The van der Waals surface area contributed by atoms with Crippen LogP contribution in [0.5, 0.6) is 0 Å². The SMILES string of the molecule is CCCn1cc(S(=O)(=O)NCC(C)(O)CC)cc1C(=O)O. The molecular weight excluding hydrogens is 296 g/mol. The number of hydrogen-bond donors (Lipinski definition) is 3. The van der Waals surface area contributed by atoms with Crippen molar-refractivity contribution in [2.24, 2.45) is 0 Å². The van der Waals surface area contributed by atoms with Gasteiger partial charge >= 0.3 is 5.97 Å². The van der Waals surface area contributed by atoms with E-state index in [9.17, 15) is 18.3 Å². The van der Waals surface area contributed by atoms with Gasteiger partial charge in [0, 0.05) is 19.3 Å². The van der Waals surface area contributed by atoms with Gasteiger partial charge in [-0.15, -0.1) is 0 Å². The van der Waals surface area contributed by atoms with Crippen molar-refractivity contribution in [3.63, 3.8) is 0 Å². The predicted molar refractivity (Wildman–Crippen MR) is 77.8 cm³/mol. The average Bonchev–Trinajstić information content (AvgIpc) is 2.82. The third kappa shape index (κ3) is 4.55. The number of aromatic nitrogens is 1. The standard InChI is InChI=1S/C13H22N2O5S/c1-4-6-15-8-10(7-11(15)12(16)17)21(19,20)14-9-13(3,18)5-2/h7-8,14,18H,4-6,9H2,1-3H3,(H,16,17). The van der Waals surface area contributed by atoms with E-state index in [1.165, 1.54) is 17.7 Å². The lowest BCUT2D eigenvalue weighted by atomic mass is 10.1. The van der Waals surface area contributed by atoms with Crippen LogP contribution in [0.2, 0.25) is 0 Å². The molecule has 0 spiro atoms. The molecule has 0 aromatic carbocycles. The van der Waals surface area contributed by atoms with Crippen LogP contribution >= 0.6 is 0 Å². The smallest absolute Gasteiger partial charge is 0.352 e. The van der Waals surface area contributed by atoms with E-state index >= 15 is 0 Å². The minimum atomic E-state index is -3.85. The van der Waals surface area contributed by atoms with Gasteiger partial charge in [-0.3, -0.25) is 0 Å². The predicted octanol–water partition coefficient (Wildman–Crippen LogP) is 1.04. The van der Waals surface area contributed by atoms with Gasteiger partial charge in [0.1, 0.15) is 10.6 Å². The van der Waals surface area contributed by atoms with E-state index in [1.54, 1.807) is 6.92 Å². The Morgan fingerprint density at radius 3 is 2.52 bits per heavy atom. The molecule has 0 aliphatic rings. The maximum Gasteiger partial charge on any atom is 0.352 e. The number of carbonyl (C=O) groups is 1. The van der Waals surface area contributed by atoms with Crippen molar-refractivity contribution in [2.45, 2.75) is 50.7 Å². The molecule has 0 aliphatic heterocycles. The van der Waals surface area contributed by atoms with Crippen LogP contribution < -0.4 is 4.72 Å². The highest BCUT2D eigenvalue weighted by atomic mass is 32.2. The number of aliphatic hydroxyl groups is 1. The van der Waals surface area contributed by atoms with E-state index in [2.05, 4.69) is 4.72 Å². The lowest BCUT2D eigenvalue weighted by molar-refractivity contribution is 0.0613. The normalized spacial score (nSPS) is 14.9. The lowest BCUT2D eigenvalue weighted by Gasteiger charge is -2.21. The van der Waals surface area contributed by atoms with Crippen LogP contribution in [0, 0.1) is 0 Å².